The van der Waals surface area contributed by atoms with Crippen LogP contribution in [0.4, 0.5) is 5.69 Å². The summed E-state index contributed by atoms with van der Waals surface area (Å²) in [5, 5.41) is 0. The van der Waals surface area contributed by atoms with Gasteiger partial charge in [0.15, 0.2) is 5.75 Å². The molecule has 3 atom stereocenters. The van der Waals surface area contributed by atoms with Crippen LogP contribution in [-0.4, -0.2) is 17.8 Å². The van der Waals surface area contributed by atoms with Crippen LogP contribution >= 0.6 is 0 Å². The minimum atomic E-state index is -0.427. The molecule has 0 spiro atoms. The molecular weight excluding hydrogens is 354 g/mol. The van der Waals surface area contributed by atoms with Crippen LogP contribution in [0.1, 0.15) is 31.7 Å². The van der Waals surface area contributed by atoms with E-state index in [9.17, 15) is 14.4 Å². The van der Waals surface area contributed by atoms with E-state index in [0.717, 1.165) is 24.8 Å². The van der Waals surface area contributed by atoms with Crippen molar-refractivity contribution < 1.29 is 19.1 Å². The van der Waals surface area contributed by atoms with E-state index < -0.39 is 5.97 Å². The highest BCUT2D eigenvalue weighted by molar-refractivity contribution is 6.22. The maximum Gasteiger partial charge on any atom is 0.315 e. The van der Waals surface area contributed by atoms with Gasteiger partial charge in [-0.2, -0.15) is 0 Å². The van der Waals surface area contributed by atoms with Crippen molar-refractivity contribution in [3.63, 3.8) is 0 Å². The third-order valence-electron chi connectivity index (χ3n) is 5.71. The monoisotopic (exact) mass is 377 g/mol. The Morgan fingerprint density at radius 3 is 2.43 bits per heavy atom. The zero-order chi connectivity index (χ0) is 19.7. The number of para-hydroxylation sites is 2. The average Bonchev–Trinajstić information content (AvgIpc) is 2.93. The Bertz CT molecular complexity index is 908. The number of ether oxygens (including phenoxy) is 1. The third-order valence-corrected chi connectivity index (χ3v) is 5.71. The molecular formula is C23H23NO4. The predicted molar refractivity (Wildman–Crippen MR) is 105 cm³/mol. The summed E-state index contributed by atoms with van der Waals surface area (Å²) in [5.41, 5.74) is 1.21. The Labute approximate surface area is 164 Å². The maximum atomic E-state index is 13.0. The highest BCUT2D eigenvalue weighted by Gasteiger charge is 2.50. The van der Waals surface area contributed by atoms with Crippen LogP contribution in [0.3, 0.4) is 0 Å². The molecule has 1 saturated heterocycles. The second-order valence-corrected chi connectivity index (χ2v) is 7.75. The van der Waals surface area contributed by atoms with Crippen molar-refractivity contribution in [2.24, 2.45) is 17.8 Å². The molecule has 1 aliphatic carbocycles. The summed E-state index contributed by atoms with van der Waals surface area (Å²) in [6.07, 6.45) is 2.56. The van der Waals surface area contributed by atoms with Crippen LogP contribution in [0.2, 0.25) is 0 Å². The fourth-order valence-electron chi connectivity index (χ4n) is 4.28. The van der Waals surface area contributed by atoms with Gasteiger partial charge in [-0.3, -0.25) is 14.4 Å². The molecule has 28 heavy (non-hydrogen) atoms. The summed E-state index contributed by atoms with van der Waals surface area (Å²) in [6.45, 7) is 2.12. The first-order chi connectivity index (χ1) is 13.5. The van der Waals surface area contributed by atoms with Gasteiger partial charge in [0.1, 0.15) is 0 Å². The molecule has 2 aromatic carbocycles. The van der Waals surface area contributed by atoms with E-state index in [-0.39, 0.29) is 35.8 Å². The molecule has 1 heterocycles. The van der Waals surface area contributed by atoms with Crippen LogP contribution < -0.4 is 9.64 Å². The fraction of sp³-hybridized carbons (Fsp3) is 0.348. The molecule has 2 aliphatic rings. The number of esters is 1. The van der Waals surface area contributed by atoms with Gasteiger partial charge < -0.3 is 4.74 Å². The van der Waals surface area contributed by atoms with E-state index >= 15 is 0 Å². The number of fused-ring (bicyclic) bond motifs is 1. The molecule has 5 nitrogen and oxygen atoms in total. The number of rotatable bonds is 4. The number of nitrogens with zero attached hydrogens (tertiary/aromatic N) is 1. The minimum absolute atomic E-state index is 0.125. The largest absolute Gasteiger partial charge is 0.424 e. The Morgan fingerprint density at radius 2 is 1.64 bits per heavy atom. The Kier molecular flexibility index (Phi) is 4.99. The highest BCUT2D eigenvalue weighted by Crippen LogP contribution is 2.44. The Hall–Kier alpha value is -2.95. The van der Waals surface area contributed by atoms with Crippen molar-refractivity contribution in [2.45, 2.75) is 32.6 Å². The summed E-state index contributed by atoms with van der Waals surface area (Å²) >= 11 is 0. The number of carbonyl (C=O) groups is 3. The lowest BCUT2D eigenvalue weighted by Crippen LogP contribution is -2.31. The fourth-order valence-corrected chi connectivity index (χ4v) is 4.28. The molecule has 0 N–H and O–H groups in total. The molecule has 4 rings (SSSR count). The van der Waals surface area contributed by atoms with Gasteiger partial charge in [-0.05, 0) is 42.9 Å². The second-order valence-electron chi connectivity index (χ2n) is 7.75. The Balaban J connectivity index is 1.57. The molecule has 0 unspecified atom stereocenters. The Morgan fingerprint density at radius 1 is 0.964 bits per heavy atom. The van der Waals surface area contributed by atoms with Gasteiger partial charge in [0.2, 0.25) is 11.8 Å². The summed E-state index contributed by atoms with van der Waals surface area (Å²) in [6, 6.07) is 16.1. The zero-order valence-corrected chi connectivity index (χ0v) is 15.8. The first-order valence-corrected chi connectivity index (χ1v) is 9.76. The van der Waals surface area contributed by atoms with Crippen LogP contribution in [0.5, 0.6) is 5.75 Å². The quantitative estimate of drug-likeness (QED) is 0.462. The molecule has 2 fully saturated rings. The molecule has 2 amide bonds. The number of hydrogen-bond acceptors (Lipinski definition) is 4. The maximum absolute atomic E-state index is 13.0. The van der Waals surface area contributed by atoms with Crippen LogP contribution in [0.25, 0.3) is 0 Å². The van der Waals surface area contributed by atoms with E-state index in [4.69, 9.17) is 4.74 Å². The van der Waals surface area contributed by atoms with E-state index in [1.807, 2.05) is 30.3 Å². The van der Waals surface area contributed by atoms with E-state index in [2.05, 4.69) is 6.92 Å². The molecule has 0 bridgehead atoms. The van der Waals surface area contributed by atoms with Gasteiger partial charge in [0.05, 0.1) is 23.9 Å². The average molecular weight is 377 g/mol. The van der Waals surface area contributed by atoms with E-state index in [1.165, 1.54) is 4.90 Å². The molecule has 2 aromatic rings. The van der Waals surface area contributed by atoms with E-state index in [1.54, 1.807) is 24.3 Å². The third kappa shape index (κ3) is 3.44. The lowest BCUT2D eigenvalue weighted by molar-refractivity contribution is -0.133. The van der Waals surface area contributed by atoms with Crippen molar-refractivity contribution in [3.8, 4) is 5.75 Å². The van der Waals surface area contributed by atoms with Gasteiger partial charge >= 0.3 is 5.97 Å². The molecule has 144 valence electrons. The van der Waals surface area contributed by atoms with Gasteiger partial charge in [-0.15, -0.1) is 0 Å². The lowest BCUT2D eigenvalue weighted by Gasteiger charge is -2.25. The molecule has 1 aliphatic heterocycles. The number of carbonyl (C=O) groups excluding carboxylic acids is 3. The standard InChI is InChI=1S/C23H23NO4/c1-15-11-12-17-18(13-15)23(27)24(22(17)26)19-9-5-6-10-20(19)28-21(25)14-16-7-3-2-4-8-16/h2-10,15,17-18H,11-14H2,1H3/t15-,17+,18-/m1/s1. The molecule has 5 heteroatoms. The molecule has 0 radical (unpaired) electrons. The number of imide groups is 1. The van der Waals surface area contributed by atoms with Crippen LogP contribution in [-0.2, 0) is 20.8 Å². The number of benzene rings is 2. The summed E-state index contributed by atoms with van der Waals surface area (Å²) in [4.78, 5) is 39.6. The topological polar surface area (TPSA) is 63.7 Å². The van der Waals surface area contributed by atoms with Gasteiger partial charge in [0.25, 0.3) is 0 Å². The van der Waals surface area contributed by atoms with Crippen LogP contribution in [0.15, 0.2) is 54.6 Å². The van der Waals surface area contributed by atoms with E-state index in [0.29, 0.717) is 11.6 Å². The second kappa shape index (κ2) is 7.58. The van der Waals surface area contributed by atoms with Gasteiger partial charge in [0, 0.05) is 0 Å². The van der Waals surface area contributed by atoms with Crippen molar-refractivity contribution in [1.29, 1.82) is 0 Å². The van der Waals surface area contributed by atoms with Crippen molar-refractivity contribution in [1.82, 2.24) is 0 Å². The number of amides is 2. The first kappa shape index (κ1) is 18.4. The SMILES string of the molecule is C[C@@H]1CC[C@@H]2C(=O)N(c3ccccc3OC(=O)Cc3ccccc3)C(=O)[C@@H]2C1. The lowest BCUT2D eigenvalue weighted by atomic mass is 9.76. The summed E-state index contributed by atoms with van der Waals surface area (Å²) in [5.74, 6) is -0.597. The highest BCUT2D eigenvalue weighted by atomic mass is 16.5. The summed E-state index contributed by atoms with van der Waals surface area (Å²) in [7, 11) is 0. The normalized spacial score (nSPS) is 24.2. The van der Waals surface area contributed by atoms with Crippen molar-refractivity contribution in [2.75, 3.05) is 4.90 Å². The smallest absolute Gasteiger partial charge is 0.315 e. The first-order valence-electron chi connectivity index (χ1n) is 9.76. The molecule has 0 aromatic heterocycles. The van der Waals surface area contributed by atoms with Crippen LogP contribution in [0, 0.1) is 17.8 Å². The molecule has 1 saturated carbocycles. The number of anilines is 1. The predicted octanol–water partition coefficient (Wildman–Crippen LogP) is 3.76. The van der Waals surface area contributed by atoms with Crippen molar-refractivity contribution in [3.05, 3.63) is 60.2 Å². The van der Waals surface area contributed by atoms with Gasteiger partial charge in [-0.1, -0.05) is 49.4 Å². The minimum Gasteiger partial charge on any atom is -0.424 e. The van der Waals surface area contributed by atoms with Gasteiger partial charge in [-0.25, -0.2) is 4.90 Å². The number of hydrogen-bond donors (Lipinski definition) is 0. The summed E-state index contributed by atoms with van der Waals surface area (Å²) < 4.78 is 5.55. The van der Waals surface area contributed by atoms with Crippen molar-refractivity contribution >= 4 is 23.5 Å². The zero-order valence-electron chi connectivity index (χ0n) is 15.8.